The highest BCUT2D eigenvalue weighted by molar-refractivity contribution is 5.69. The van der Waals surface area contributed by atoms with Gasteiger partial charge in [0.15, 0.2) is 0 Å². The molecule has 2 saturated heterocycles. The van der Waals surface area contributed by atoms with Crippen LogP contribution in [0.3, 0.4) is 0 Å². The average Bonchev–Trinajstić information content (AvgIpc) is 3.17. The Morgan fingerprint density at radius 3 is 2.46 bits per heavy atom. The van der Waals surface area contributed by atoms with Crippen molar-refractivity contribution in [3.8, 4) is 0 Å². The summed E-state index contributed by atoms with van der Waals surface area (Å²) in [5, 5.41) is 3.39. The molecule has 1 amide bonds. The molecule has 2 heterocycles. The molecule has 1 aromatic carbocycles. The molecule has 156 valence electrons. The van der Waals surface area contributed by atoms with Crippen molar-refractivity contribution in [2.45, 2.75) is 64.7 Å². The summed E-state index contributed by atoms with van der Waals surface area (Å²) in [6.07, 6.45) is 4.51. The predicted molar refractivity (Wildman–Crippen MR) is 109 cm³/mol. The van der Waals surface area contributed by atoms with Gasteiger partial charge in [-0.25, -0.2) is 4.79 Å². The molecule has 0 saturated carbocycles. The second-order valence-corrected chi connectivity index (χ2v) is 8.36. The normalized spacial score (nSPS) is 20.1. The van der Waals surface area contributed by atoms with Crippen LogP contribution in [0, 0.1) is 5.92 Å². The zero-order valence-corrected chi connectivity index (χ0v) is 17.4. The molecule has 0 bridgehead atoms. The van der Waals surface area contributed by atoms with Gasteiger partial charge in [-0.05, 0) is 71.0 Å². The van der Waals surface area contributed by atoms with Crippen LogP contribution in [0.4, 0.5) is 4.79 Å². The van der Waals surface area contributed by atoms with E-state index in [9.17, 15) is 9.59 Å². The van der Waals surface area contributed by atoms with Gasteiger partial charge in [-0.3, -0.25) is 4.79 Å². The summed E-state index contributed by atoms with van der Waals surface area (Å²) in [5.41, 5.74) is 0.618. The molecule has 0 spiro atoms. The van der Waals surface area contributed by atoms with Crippen LogP contribution >= 0.6 is 0 Å². The second-order valence-electron chi connectivity index (χ2n) is 8.36. The number of carbonyl (C=O) groups is 2. The molecule has 0 radical (unpaired) electrons. The van der Waals surface area contributed by atoms with Crippen molar-refractivity contribution in [2.24, 2.45) is 5.92 Å². The van der Waals surface area contributed by atoms with Gasteiger partial charge in [0.25, 0.3) is 6.47 Å². The minimum atomic E-state index is -0.391. The second kappa shape index (κ2) is 11.1. The van der Waals surface area contributed by atoms with E-state index < -0.39 is 5.60 Å². The number of hydrogen-bond donors (Lipinski definition) is 1. The Morgan fingerprint density at radius 1 is 1.18 bits per heavy atom. The third kappa shape index (κ3) is 7.50. The Labute approximate surface area is 168 Å². The molecular weight excluding hydrogens is 356 g/mol. The number of benzene rings is 1. The number of amides is 1. The van der Waals surface area contributed by atoms with Gasteiger partial charge in [-0.15, -0.1) is 0 Å². The predicted octanol–water partition coefficient (Wildman–Crippen LogP) is 3.75. The highest BCUT2D eigenvalue weighted by Gasteiger charge is 2.37. The zero-order chi connectivity index (χ0) is 20.4. The zero-order valence-electron chi connectivity index (χ0n) is 17.4. The van der Waals surface area contributed by atoms with Crippen molar-refractivity contribution in [1.82, 2.24) is 10.2 Å². The molecule has 2 aliphatic heterocycles. The van der Waals surface area contributed by atoms with E-state index in [1.54, 1.807) is 0 Å². The Hall–Kier alpha value is -2.08. The summed E-state index contributed by atoms with van der Waals surface area (Å²) in [6.45, 7) is 9.65. The Bertz CT molecular complexity index is 594. The summed E-state index contributed by atoms with van der Waals surface area (Å²) in [5.74, 6) is 0.654. The lowest BCUT2D eigenvalue weighted by Crippen LogP contribution is -2.45. The SMILES string of the molecule is CC(C)(C)OC(=O)N1CCCC1C1CCNCC1.O=COCc1ccccc1. The molecule has 1 aromatic rings. The van der Waals surface area contributed by atoms with Crippen molar-refractivity contribution in [2.75, 3.05) is 19.6 Å². The highest BCUT2D eigenvalue weighted by atomic mass is 16.6. The van der Waals surface area contributed by atoms with Gasteiger partial charge in [0.2, 0.25) is 0 Å². The number of carbonyl (C=O) groups excluding carboxylic acids is 2. The minimum Gasteiger partial charge on any atom is -0.463 e. The molecule has 1 unspecified atom stereocenters. The van der Waals surface area contributed by atoms with Crippen molar-refractivity contribution in [3.63, 3.8) is 0 Å². The van der Waals surface area contributed by atoms with Gasteiger partial charge < -0.3 is 19.7 Å². The number of hydrogen-bond acceptors (Lipinski definition) is 5. The molecule has 1 atom stereocenters. The van der Waals surface area contributed by atoms with Gasteiger partial charge in [-0.2, -0.15) is 0 Å². The first-order valence-corrected chi connectivity index (χ1v) is 10.2. The van der Waals surface area contributed by atoms with E-state index >= 15 is 0 Å². The van der Waals surface area contributed by atoms with E-state index in [0.717, 1.165) is 38.0 Å². The minimum absolute atomic E-state index is 0.122. The lowest BCUT2D eigenvalue weighted by Gasteiger charge is -2.35. The van der Waals surface area contributed by atoms with Crippen LogP contribution in [0.15, 0.2) is 30.3 Å². The van der Waals surface area contributed by atoms with E-state index in [1.165, 1.54) is 12.8 Å². The van der Waals surface area contributed by atoms with Crippen LogP contribution in [-0.2, 0) is 20.9 Å². The maximum absolute atomic E-state index is 12.2. The molecule has 0 aliphatic carbocycles. The van der Waals surface area contributed by atoms with E-state index in [2.05, 4.69) is 10.1 Å². The van der Waals surface area contributed by atoms with Crippen molar-refractivity contribution >= 4 is 12.6 Å². The first kappa shape index (κ1) is 22.2. The van der Waals surface area contributed by atoms with Gasteiger partial charge in [0, 0.05) is 12.6 Å². The van der Waals surface area contributed by atoms with E-state index in [4.69, 9.17) is 4.74 Å². The maximum Gasteiger partial charge on any atom is 0.410 e. The lowest BCUT2D eigenvalue weighted by atomic mass is 9.89. The molecule has 6 heteroatoms. The average molecular weight is 391 g/mol. The summed E-state index contributed by atoms with van der Waals surface area (Å²) in [4.78, 5) is 23.9. The fraction of sp³-hybridized carbons (Fsp3) is 0.636. The van der Waals surface area contributed by atoms with Gasteiger partial charge in [0.05, 0.1) is 0 Å². The summed E-state index contributed by atoms with van der Waals surface area (Å²) in [6, 6.07) is 9.95. The number of rotatable bonds is 4. The fourth-order valence-electron chi connectivity index (χ4n) is 3.76. The van der Waals surface area contributed by atoms with Crippen molar-refractivity contribution < 1.29 is 19.1 Å². The monoisotopic (exact) mass is 390 g/mol. The standard InChI is InChI=1S/C14H26N2O2.C8H8O2/c1-14(2,3)18-13(17)16-10-4-5-12(16)11-6-8-15-9-7-11;9-7-10-6-8-4-2-1-3-5-8/h11-12,15H,4-10H2,1-3H3;1-5,7H,6H2. The molecule has 28 heavy (non-hydrogen) atoms. The largest absolute Gasteiger partial charge is 0.463 e. The number of nitrogens with zero attached hydrogens (tertiary/aromatic N) is 1. The van der Waals surface area contributed by atoms with Crippen LogP contribution in [0.2, 0.25) is 0 Å². The van der Waals surface area contributed by atoms with Gasteiger partial charge in [-0.1, -0.05) is 30.3 Å². The van der Waals surface area contributed by atoms with E-state index in [1.807, 2.05) is 56.0 Å². The molecular formula is C22H34N2O4. The first-order valence-electron chi connectivity index (χ1n) is 10.2. The third-order valence-electron chi connectivity index (χ3n) is 5.02. The Kier molecular flexibility index (Phi) is 8.77. The quantitative estimate of drug-likeness (QED) is 0.793. The summed E-state index contributed by atoms with van der Waals surface area (Å²) >= 11 is 0. The number of nitrogens with one attached hydrogen (secondary N) is 1. The van der Waals surface area contributed by atoms with Crippen LogP contribution in [-0.4, -0.2) is 48.7 Å². The molecule has 6 nitrogen and oxygen atoms in total. The smallest absolute Gasteiger partial charge is 0.410 e. The summed E-state index contributed by atoms with van der Waals surface area (Å²) in [7, 11) is 0. The van der Waals surface area contributed by atoms with Gasteiger partial charge in [0.1, 0.15) is 12.2 Å². The maximum atomic E-state index is 12.2. The molecule has 2 fully saturated rings. The molecule has 1 N–H and O–H groups in total. The first-order chi connectivity index (χ1) is 13.4. The van der Waals surface area contributed by atoms with Crippen molar-refractivity contribution in [1.29, 1.82) is 0 Å². The van der Waals surface area contributed by atoms with E-state index in [0.29, 0.717) is 25.0 Å². The highest BCUT2D eigenvalue weighted by Crippen LogP contribution is 2.30. The number of ether oxygens (including phenoxy) is 2. The lowest BCUT2D eigenvalue weighted by molar-refractivity contribution is -0.129. The Morgan fingerprint density at radius 2 is 1.86 bits per heavy atom. The van der Waals surface area contributed by atoms with Crippen molar-refractivity contribution in [3.05, 3.63) is 35.9 Å². The third-order valence-corrected chi connectivity index (χ3v) is 5.02. The Balaban J connectivity index is 0.000000237. The number of piperidine rings is 1. The van der Waals surface area contributed by atoms with Crippen LogP contribution < -0.4 is 5.32 Å². The topological polar surface area (TPSA) is 67.9 Å². The van der Waals surface area contributed by atoms with Gasteiger partial charge >= 0.3 is 6.09 Å². The molecule has 3 rings (SSSR count). The fourth-order valence-corrected chi connectivity index (χ4v) is 3.76. The molecule has 0 aromatic heterocycles. The van der Waals surface area contributed by atoms with Crippen LogP contribution in [0.5, 0.6) is 0 Å². The van der Waals surface area contributed by atoms with E-state index in [-0.39, 0.29) is 6.09 Å². The number of likely N-dealkylation sites (tertiary alicyclic amines) is 1. The summed E-state index contributed by atoms with van der Waals surface area (Å²) < 4.78 is 10.1. The van der Waals surface area contributed by atoms with Crippen LogP contribution in [0.1, 0.15) is 52.0 Å². The molecule has 2 aliphatic rings. The van der Waals surface area contributed by atoms with Crippen LogP contribution in [0.25, 0.3) is 0 Å².